The van der Waals surface area contributed by atoms with Crippen molar-refractivity contribution < 1.29 is 19.2 Å². The van der Waals surface area contributed by atoms with E-state index in [1.807, 2.05) is 12.1 Å². The molecule has 0 unspecified atom stereocenters. The number of hydrogen-bond acceptors (Lipinski definition) is 6. The monoisotopic (exact) mass is 405 g/mol. The molecule has 2 aromatic rings. The van der Waals surface area contributed by atoms with Crippen LogP contribution in [0, 0.1) is 10.1 Å². The first-order chi connectivity index (χ1) is 13.3. The van der Waals surface area contributed by atoms with Crippen molar-refractivity contribution in [3.05, 3.63) is 68.7 Å². The minimum absolute atomic E-state index is 0.00580. The van der Waals surface area contributed by atoms with E-state index in [1.54, 1.807) is 31.1 Å². The molecule has 0 aliphatic heterocycles. The van der Waals surface area contributed by atoms with Crippen molar-refractivity contribution in [1.82, 2.24) is 5.32 Å². The Morgan fingerprint density at radius 3 is 2.46 bits per heavy atom. The number of rotatable bonds is 8. The van der Waals surface area contributed by atoms with Gasteiger partial charge in [0.1, 0.15) is 5.69 Å². The second kappa shape index (κ2) is 9.70. The van der Waals surface area contributed by atoms with Gasteiger partial charge in [-0.05, 0) is 36.2 Å². The molecule has 0 heterocycles. The number of nitrogens with zero attached hydrogens (tertiary/aromatic N) is 2. The highest BCUT2D eigenvalue weighted by molar-refractivity contribution is 6.30. The highest BCUT2D eigenvalue weighted by atomic mass is 35.5. The number of carbonyl (C=O) groups excluding carboxylic acids is 2. The Hall–Kier alpha value is -3.13. The van der Waals surface area contributed by atoms with Gasteiger partial charge in [0.2, 0.25) is 0 Å². The molecular weight excluding hydrogens is 386 g/mol. The summed E-state index contributed by atoms with van der Waals surface area (Å²) in [4.78, 5) is 36.1. The molecule has 28 heavy (non-hydrogen) atoms. The molecule has 0 atom stereocenters. The topological polar surface area (TPSA) is 102 Å². The van der Waals surface area contributed by atoms with Crippen LogP contribution in [0.1, 0.15) is 15.9 Å². The van der Waals surface area contributed by atoms with Gasteiger partial charge < -0.3 is 15.0 Å². The lowest BCUT2D eigenvalue weighted by atomic mass is 10.1. The third kappa shape index (κ3) is 5.95. The summed E-state index contributed by atoms with van der Waals surface area (Å²) in [5.74, 6) is -1.26. The molecule has 2 aromatic carbocycles. The van der Waals surface area contributed by atoms with Crippen LogP contribution in [0.3, 0.4) is 0 Å². The number of nitrogens with one attached hydrogen (secondary N) is 1. The minimum Gasteiger partial charge on any atom is -0.452 e. The maximum Gasteiger partial charge on any atom is 0.338 e. The van der Waals surface area contributed by atoms with E-state index in [2.05, 4.69) is 5.32 Å². The van der Waals surface area contributed by atoms with Crippen LogP contribution < -0.4 is 10.2 Å². The Balaban J connectivity index is 1.85. The first-order valence-corrected chi connectivity index (χ1v) is 8.79. The van der Waals surface area contributed by atoms with Crippen molar-refractivity contribution in [2.45, 2.75) is 6.42 Å². The molecule has 9 heteroatoms. The highest BCUT2D eigenvalue weighted by Gasteiger charge is 2.20. The summed E-state index contributed by atoms with van der Waals surface area (Å²) in [5, 5.41) is 14.5. The lowest BCUT2D eigenvalue weighted by Gasteiger charge is -2.13. The van der Waals surface area contributed by atoms with Crippen LogP contribution in [-0.4, -0.2) is 44.0 Å². The Kier molecular flexibility index (Phi) is 7.34. The fraction of sp³-hybridized carbons (Fsp3) is 0.263. The van der Waals surface area contributed by atoms with Gasteiger partial charge in [-0.3, -0.25) is 14.9 Å². The van der Waals surface area contributed by atoms with Gasteiger partial charge in [-0.2, -0.15) is 0 Å². The average molecular weight is 406 g/mol. The second-order valence-corrected chi connectivity index (χ2v) is 6.59. The number of nitro groups is 1. The first kappa shape index (κ1) is 21.2. The van der Waals surface area contributed by atoms with Gasteiger partial charge in [0.05, 0.1) is 10.5 Å². The highest BCUT2D eigenvalue weighted by Crippen LogP contribution is 2.27. The van der Waals surface area contributed by atoms with Crippen molar-refractivity contribution in [2.75, 3.05) is 32.1 Å². The average Bonchev–Trinajstić information content (AvgIpc) is 2.67. The van der Waals surface area contributed by atoms with Crippen LogP contribution in [0.25, 0.3) is 0 Å². The summed E-state index contributed by atoms with van der Waals surface area (Å²) < 4.78 is 4.94. The molecule has 0 bridgehead atoms. The Morgan fingerprint density at radius 2 is 1.86 bits per heavy atom. The number of benzene rings is 2. The summed E-state index contributed by atoms with van der Waals surface area (Å²) in [7, 11) is 3.32. The van der Waals surface area contributed by atoms with Gasteiger partial charge in [0.25, 0.3) is 11.6 Å². The Morgan fingerprint density at radius 1 is 1.18 bits per heavy atom. The fourth-order valence-corrected chi connectivity index (χ4v) is 2.56. The zero-order valence-corrected chi connectivity index (χ0v) is 16.2. The molecule has 0 aliphatic carbocycles. The van der Waals surface area contributed by atoms with Gasteiger partial charge in [-0.1, -0.05) is 23.7 Å². The normalized spacial score (nSPS) is 10.2. The molecule has 0 aromatic heterocycles. The standard InChI is InChI=1S/C19H20ClN3O5/c1-22(2)16-8-5-14(11-17(16)23(26)27)19(25)28-12-18(24)21-10-9-13-3-6-15(20)7-4-13/h3-8,11H,9-10,12H2,1-2H3,(H,21,24). The van der Waals surface area contributed by atoms with E-state index in [0.29, 0.717) is 23.7 Å². The summed E-state index contributed by atoms with van der Waals surface area (Å²) in [6.45, 7) is -0.0936. The first-order valence-electron chi connectivity index (χ1n) is 8.42. The second-order valence-electron chi connectivity index (χ2n) is 6.16. The molecule has 0 saturated heterocycles. The van der Waals surface area contributed by atoms with Crippen LogP contribution >= 0.6 is 11.6 Å². The lowest BCUT2D eigenvalue weighted by molar-refractivity contribution is -0.384. The van der Waals surface area contributed by atoms with Crippen LogP contribution in [0.5, 0.6) is 0 Å². The largest absolute Gasteiger partial charge is 0.452 e. The molecule has 0 saturated carbocycles. The van der Waals surface area contributed by atoms with E-state index >= 15 is 0 Å². The van der Waals surface area contributed by atoms with Gasteiger partial charge in [0, 0.05) is 31.7 Å². The third-order valence-corrected chi connectivity index (χ3v) is 4.13. The van der Waals surface area contributed by atoms with Crippen LogP contribution in [0.4, 0.5) is 11.4 Å². The molecule has 1 N–H and O–H groups in total. The fourth-order valence-electron chi connectivity index (χ4n) is 2.44. The summed E-state index contributed by atoms with van der Waals surface area (Å²) >= 11 is 5.81. The number of carbonyl (C=O) groups is 2. The molecule has 0 spiro atoms. The van der Waals surface area contributed by atoms with Crippen molar-refractivity contribution in [3.8, 4) is 0 Å². The molecule has 0 aliphatic rings. The number of halogens is 1. The van der Waals surface area contributed by atoms with E-state index in [0.717, 1.165) is 11.6 Å². The van der Waals surface area contributed by atoms with Gasteiger partial charge in [-0.15, -0.1) is 0 Å². The smallest absolute Gasteiger partial charge is 0.338 e. The maximum atomic E-state index is 12.1. The predicted octanol–water partition coefficient (Wildman–Crippen LogP) is 2.83. The number of amides is 1. The quantitative estimate of drug-likeness (QED) is 0.411. The van der Waals surface area contributed by atoms with E-state index in [1.165, 1.54) is 12.1 Å². The minimum atomic E-state index is -0.804. The van der Waals surface area contributed by atoms with Crippen molar-refractivity contribution in [3.63, 3.8) is 0 Å². The molecule has 2 rings (SSSR count). The zero-order chi connectivity index (χ0) is 20.7. The molecule has 0 fully saturated rings. The summed E-state index contributed by atoms with van der Waals surface area (Å²) in [6, 6.07) is 11.3. The summed E-state index contributed by atoms with van der Waals surface area (Å²) in [5.41, 5.74) is 1.16. The van der Waals surface area contributed by atoms with E-state index < -0.39 is 23.4 Å². The van der Waals surface area contributed by atoms with Crippen LogP contribution in [0.15, 0.2) is 42.5 Å². The Labute approximate surface area is 167 Å². The number of ether oxygens (including phenoxy) is 1. The van der Waals surface area contributed by atoms with Crippen LogP contribution in [0.2, 0.25) is 5.02 Å². The molecule has 148 valence electrons. The zero-order valence-electron chi connectivity index (χ0n) is 15.5. The molecule has 0 radical (unpaired) electrons. The molecular formula is C19H20ClN3O5. The SMILES string of the molecule is CN(C)c1ccc(C(=O)OCC(=O)NCCc2ccc(Cl)cc2)cc1[N+](=O)[O-]. The number of esters is 1. The number of anilines is 1. The van der Waals surface area contributed by atoms with Crippen LogP contribution in [-0.2, 0) is 16.0 Å². The third-order valence-electron chi connectivity index (χ3n) is 3.87. The van der Waals surface area contributed by atoms with Gasteiger partial charge in [0.15, 0.2) is 6.61 Å². The summed E-state index contributed by atoms with van der Waals surface area (Å²) in [6.07, 6.45) is 0.606. The number of nitro benzene ring substituents is 1. The Bertz CT molecular complexity index is 868. The van der Waals surface area contributed by atoms with E-state index in [9.17, 15) is 19.7 Å². The van der Waals surface area contributed by atoms with Gasteiger partial charge >= 0.3 is 5.97 Å². The van der Waals surface area contributed by atoms with E-state index in [-0.39, 0.29) is 11.3 Å². The molecule has 1 amide bonds. The van der Waals surface area contributed by atoms with Gasteiger partial charge in [-0.25, -0.2) is 4.79 Å². The lowest BCUT2D eigenvalue weighted by Crippen LogP contribution is -2.30. The predicted molar refractivity (Wildman–Crippen MR) is 106 cm³/mol. The van der Waals surface area contributed by atoms with E-state index in [4.69, 9.17) is 16.3 Å². The number of hydrogen-bond donors (Lipinski definition) is 1. The maximum absolute atomic E-state index is 12.1. The van der Waals surface area contributed by atoms with Crippen molar-refractivity contribution in [2.24, 2.45) is 0 Å². The molecule has 8 nitrogen and oxygen atoms in total. The van der Waals surface area contributed by atoms with Crippen molar-refractivity contribution in [1.29, 1.82) is 0 Å². The van der Waals surface area contributed by atoms with Crippen molar-refractivity contribution >= 4 is 34.9 Å².